The Balaban J connectivity index is 2.67. The van der Waals surface area contributed by atoms with Crippen LogP contribution in [0.4, 0.5) is 10.3 Å². The maximum Gasteiger partial charge on any atom is 0.243 e. The van der Waals surface area contributed by atoms with Crippen molar-refractivity contribution in [3.63, 3.8) is 0 Å². The van der Waals surface area contributed by atoms with Gasteiger partial charge in [0.15, 0.2) is 5.82 Å². The highest BCUT2D eigenvalue weighted by Crippen LogP contribution is 2.03. The molecule has 0 saturated heterocycles. The highest BCUT2D eigenvalue weighted by atomic mass is 127. The number of aromatic nitrogens is 2. The summed E-state index contributed by atoms with van der Waals surface area (Å²) in [5.74, 6) is 2.40. The monoisotopic (exact) mass is 304 g/mol. The van der Waals surface area contributed by atoms with Crippen molar-refractivity contribution in [2.24, 2.45) is 5.10 Å². The van der Waals surface area contributed by atoms with E-state index in [4.69, 9.17) is 0 Å². The van der Waals surface area contributed by atoms with Gasteiger partial charge < -0.3 is 0 Å². The number of hydrazone groups is 1. The largest absolute Gasteiger partial charge is 0.245 e. The van der Waals surface area contributed by atoms with Crippen LogP contribution in [-0.4, -0.2) is 16.2 Å². The molecule has 1 aromatic heterocycles. The summed E-state index contributed by atoms with van der Waals surface area (Å²) in [7, 11) is 0. The van der Waals surface area contributed by atoms with Crippen LogP contribution in [0.1, 0.15) is 5.69 Å². The van der Waals surface area contributed by atoms with Gasteiger partial charge in [0, 0.05) is 22.6 Å². The fourth-order valence-electron chi connectivity index (χ4n) is 0.653. The lowest BCUT2D eigenvalue weighted by molar-refractivity contribution is 0.602. The molecule has 0 saturated carbocycles. The molecule has 0 atom stereocenters. The molecule has 14 heavy (non-hydrogen) atoms. The summed E-state index contributed by atoms with van der Waals surface area (Å²) in [5, 5.41) is 3.70. The van der Waals surface area contributed by atoms with Crippen molar-refractivity contribution in [3.8, 4) is 9.85 Å². The van der Waals surface area contributed by atoms with Gasteiger partial charge in [0.1, 0.15) is 0 Å². The lowest BCUT2D eigenvalue weighted by Crippen LogP contribution is -1.99. The molecular formula is C8H6FIN4. The lowest BCUT2D eigenvalue weighted by Gasteiger charge is -1.98. The van der Waals surface area contributed by atoms with Gasteiger partial charge in [-0.3, -0.25) is 0 Å². The molecule has 0 aromatic carbocycles. The molecule has 0 amide bonds. The zero-order valence-corrected chi connectivity index (χ0v) is 9.41. The van der Waals surface area contributed by atoms with Crippen LogP contribution in [0.2, 0.25) is 0 Å². The van der Waals surface area contributed by atoms with Crippen molar-refractivity contribution >= 4 is 34.8 Å². The Hall–Kier alpha value is -1.23. The Bertz CT molecular complexity index is 408. The zero-order valence-electron chi connectivity index (χ0n) is 7.25. The Morgan fingerprint density at radius 1 is 1.71 bits per heavy atom. The standard InChI is InChI=1S/C8H6FIN4/c1-6-7(9)5-11-8(13-6)14-12-4-2-3-10/h4-5H,1H3,(H,11,13,14). The molecule has 0 fully saturated rings. The van der Waals surface area contributed by atoms with E-state index in [1.807, 2.05) is 22.6 Å². The van der Waals surface area contributed by atoms with Gasteiger partial charge in [0.2, 0.25) is 5.95 Å². The van der Waals surface area contributed by atoms with E-state index >= 15 is 0 Å². The van der Waals surface area contributed by atoms with Gasteiger partial charge in [-0.05, 0) is 16.8 Å². The van der Waals surface area contributed by atoms with Gasteiger partial charge in [-0.2, -0.15) is 5.10 Å². The van der Waals surface area contributed by atoms with Crippen molar-refractivity contribution in [1.82, 2.24) is 9.97 Å². The summed E-state index contributed by atoms with van der Waals surface area (Å²) >= 11 is 1.89. The first-order valence-corrected chi connectivity index (χ1v) is 4.69. The molecular weight excluding hydrogens is 298 g/mol. The van der Waals surface area contributed by atoms with Crippen LogP contribution in [0.25, 0.3) is 0 Å². The van der Waals surface area contributed by atoms with Gasteiger partial charge in [-0.1, -0.05) is 0 Å². The van der Waals surface area contributed by atoms with Crippen molar-refractivity contribution in [2.75, 3.05) is 5.43 Å². The number of nitrogens with one attached hydrogen (secondary N) is 1. The molecule has 0 aliphatic rings. The van der Waals surface area contributed by atoms with E-state index in [2.05, 4.69) is 30.3 Å². The molecule has 72 valence electrons. The summed E-state index contributed by atoms with van der Waals surface area (Å²) in [6.45, 7) is 1.55. The van der Waals surface area contributed by atoms with Crippen LogP contribution in [0, 0.1) is 22.6 Å². The molecule has 0 aliphatic heterocycles. The molecule has 0 radical (unpaired) electrons. The number of rotatable bonds is 2. The minimum absolute atomic E-state index is 0.246. The third kappa shape index (κ3) is 3.26. The Labute approximate surface area is 94.2 Å². The van der Waals surface area contributed by atoms with Crippen LogP contribution in [0.3, 0.4) is 0 Å². The summed E-state index contributed by atoms with van der Waals surface area (Å²) < 4.78 is 15.3. The molecule has 0 bridgehead atoms. The Morgan fingerprint density at radius 2 is 2.50 bits per heavy atom. The van der Waals surface area contributed by atoms with Crippen molar-refractivity contribution in [3.05, 3.63) is 17.7 Å². The van der Waals surface area contributed by atoms with E-state index in [-0.39, 0.29) is 11.6 Å². The topological polar surface area (TPSA) is 50.2 Å². The third-order valence-corrected chi connectivity index (χ3v) is 1.58. The predicted octanol–water partition coefficient (Wildman–Crippen LogP) is 1.72. The SMILES string of the molecule is Cc1nc(NN=CC#CI)ncc1F. The number of anilines is 1. The molecule has 0 unspecified atom stereocenters. The summed E-state index contributed by atoms with van der Waals surface area (Å²) in [5.41, 5.74) is 2.80. The highest BCUT2D eigenvalue weighted by molar-refractivity contribution is 14.1. The van der Waals surface area contributed by atoms with E-state index in [1.165, 1.54) is 6.21 Å². The molecule has 1 N–H and O–H groups in total. The molecule has 1 rings (SSSR count). The second-order valence-electron chi connectivity index (χ2n) is 2.24. The van der Waals surface area contributed by atoms with E-state index < -0.39 is 5.82 Å². The molecule has 1 heterocycles. The highest BCUT2D eigenvalue weighted by Gasteiger charge is 1.99. The average Bonchev–Trinajstić information content (AvgIpc) is 2.18. The third-order valence-electron chi connectivity index (χ3n) is 1.27. The summed E-state index contributed by atoms with van der Waals surface area (Å²) in [4.78, 5) is 7.49. The van der Waals surface area contributed by atoms with E-state index in [9.17, 15) is 4.39 Å². The van der Waals surface area contributed by atoms with Crippen LogP contribution in [-0.2, 0) is 0 Å². The van der Waals surface area contributed by atoms with Gasteiger partial charge in [0.25, 0.3) is 0 Å². The summed E-state index contributed by atoms with van der Waals surface area (Å²) in [6.07, 6.45) is 2.46. The molecule has 0 spiro atoms. The van der Waals surface area contributed by atoms with E-state index in [1.54, 1.807) is 6.92 Å². The first-order chi connectivity index (χ1) is 6.74. The first kappa shape index (κ1) is 10.8. The van der Waals surface area contributed by atoms with Crippen molar-refractivity contribution < 1.29 is 4.39 Å². The zero-order chi connectivity index (χ0) is 10.4. The van der Waals surface area contributed by atoms with Crippen LogP contribution >= 0.6 is 22.6 Å². The fraction of sp³-hybridized carbons (Fsp3) is 0.125. The maximum atomic E-state index is 12.7. The van der Waals surface area contributed by atoms with Gasteiger partial charge >= 0.3 is 0 Å². The smallest absolute Gasteiger partial charge is 0.243 e. The number of aryl methyl sites for hydroxylation is 1. The summed E-state index contributed by atoms with van der Waals surface area (Å²) in [6, 6.07) is 0. The van der Waals surface area contributed by atoms with Crippen LogP contribution in [0.5, 0.6) is 0 Å². The minimum atomic E-state index is -0.438. The van der Waals surface area contributed by atoms with Gasteiger partial charge in [-0.25, -0.2) is 19.8 Å². The second-order valence-corrected chi connectivity index (χ2v) is 2.78. The van der Waals surface area contributed by atoms with Crippen molar-refractivity contribution in [2.45, 2.75) is 6.92 Å². The van der Waals surface area contributed by atoms with E-state index in [0.29, 0.717) is 0 Å². The molecule has 1 aromatic rings. The quantitative estimate of drug-likeness (QED) is 0.392. The number of nitrogens with zero attached hydrogens (tertiary/aromatic N) is 3. The lowest BCUT2D eigenvalue weighted by atomic mass is 10.4. The normalized spacial score (nSPS) is 9.64. The predicted molar refractivity (Wildman–Crippen MR) is 60.6 cm³/mol. The molecule has 4 nitrogen and oxygen atoms in total. The molecule has 0 aliphatic carbocycles. The van der Waals surface area contributed by atoms with Gasteiger partial charge in [-0.15, -0.1) is 0 Å². The number of halogens is 2. The fourth-order valence-corrected chi connectivity index (χ4v) is 0.792. The Morgan fingerprint density at radius 3 is 3.14 bits per heavy atom. The van der Waals surface area contributed by atoms with Crippen LogP contribution in [0.15, 0.2) is 11.3 Å². The Kier molecular flexibility index (Phi) is 4.25. The number of hydrogen-bond acceptors (Lipinski definition) is 4. The number of hydrogen-bond donors (Lipinski definition) is 1. The maximum absolute atomic E-state index is 12.7. The van der Waals surface area contributed by atoms with Crippen molar-refractivity contribution in [1.29, 1.82) is 0 Å². The van der Waals surface area contributed by atoms with E-state index in [0.717, 1.165) is 6.20 Å². The molecule has 6 heteroatoms. The minimum Gasteiger partial charge on any atom is -0.245 e. The van der Waals surface area contributed by atoms with Crippen LogP contribution < -0.4 is 5.43 Å². The van der Waals surface area contributed by atoms with Gasteiger partial charge in [0.05, 0.1) is 18.1 Å². The first-order valence-electron chi connectivity index (χ1n) is 3.62. The average molecular weight is 304 g/mol. The second kappa shape index (κ2) is 5.49.